The van der Waals surface area contributed by atoms with Gasteiger partial charge in [-0.15, -0.1) is 11.6 Å². The molecule has 1 atom stereocenters. The molecule has 0 bridgehead atoms. The van der Waals surface area contributed by atoms with Gasteiger partial charge in [-0.1, -0.05) is 31.5 Å². The van der Waals surface area contributed by atoms with Crippen LogP contribution >= 0.6 is 11.6 Å². The fourth-order valence-electron chi connectivity index (χ4n) is 1.96. The van der Waals surface area contributed by atoms with Crippen molar-refractivity contribution >= 4 is 11.6 Å². The summed E-state index contributed by atoms with van der Waals surface area (Å²) in [6.45, 7) is 10.7. The number of alkyl halides is 1. The quantitative estimate of drug-likeness (QED) is 0.629. The van der Waals surface area contributed by atoms with E-state index in [2.05, 4.69) is 46.8 Å². The summed E-state index contributed by atoms with van der Waals surface area (Å²) < 4.78 is 0. The lowest BCUT2D eigenvalue weighted by atomic mass is 9.92. The zero-order valence-electron chi connectivity index (χ0n) is 9.69. The van der Waals surface area contributed by atoms with Crippen LogP contribution in [0.4, 0.5) is 0 Å². The molecule has 0 nitrogen and oxygen atoms in total. The van der Waals surface area contributed by atoms with Crippen LogP contribution in [0.15, 0.2) is 12.1 Å². The van der Waals surface area contributed by atoms with Crippen LogP contribution < -0.4 is 0 Å². The molecule has 0 aliphatic carbocycles. The standard InChI is InChI=1S/C13H19Cl/c1-8(2)13(14)12-10(4)6-9(3)7-11(12)5/h6-8,13H,1-5H3. The molecule has 0 radical (unpaired) electrons. The normalized spacial score (nSPS) is 13.4. The molecule has 78 valence electrons. The Hall–Kier alpha value is -0.490. The second-order valence-electron chi connectivity index (χ2n) is 4.46. The van der Waals surface area contributed by atoms with E-state index < -0.39 is 0 Å². The van der Waals surface area contributed by atoms with Crippen LogP contribution in [-0.2, 0) is 0 Å². The molecule has 1 unspecified atom stereocenters. The van der Waals surface area contributed by atoms with E-state index in [-0.39, 0.29) is 5.38 Å². The van der Waals surface area contributed by atoms with Crippen molar-refractivity contribution in [2.24, 2.45) is 5.92 Å². The molecule has 0 fully saturated rings. The molecule has 0 aliphatic rings. The predicted octanol–water partition coefficient (Wildman–Crippen LogP) is 4.55. The van der Waals surface area contributed by atoms with Gasteiger partial charge in [0.2, 0.25) is 0 Å². The summed E-state index contributed by atoms with van der Waals surface area (Å²) >= 11 is 6.40. The molecule has 1 aromatic carbocycles. The van der Waals surface area contributed by atoms with Crippen molar-refractivity contribution in [2.45, 2.75) is 40.0 Å². The van der Waals surface area contributed by atoms with Crippen LogP contribution in [0.2, 0.25) is 0 Å². The Kier molecular flexibility index (Phi) is 3.60. The highest BCUT2D eigenvalue weighted by Crippen LogP contribution is 2.33. The third kappa shape index (κ3) is 2.30. The highest BCUT2D eigenvalue weighted by atomic mass is 35.5. The first-order valence-corrected chi connectivity index (χ1v) is 5.59. The third-order valence-corrected chi connectivity index (χ3v) is 3.32. The van der Waals surface area contributed by atoms with Crippen LogP contribution in [-0.4, -0.2) is 0 Å². The minimum Gasteiger partial charge on any atom is -0.118 e. The van der Waals surface area contributed by atoms with Crippen molar-refractivity contribution in [3.63, 3.8) is 0 Å². The molecule has 1 rings (SSSR count). The van der Waals surface area contributed by atoms with E-state index in [1.165, 1.54) is 22.3 Å². The van der Waals surface area contributed by atoms with Crippen molar-refractivity contribution in [3.8, 4) is 0 Å². The monoisotopic (exact) mass is 210 g/mol. The van der Waals surface area contributed by atoms with E-state index in [1.54, 1.807) is 0 Å². The van der Waals surface area contributed by atoms with E-state index >= 15 is 0 Å². The first-order chi connectivity index (χ1) is 6.43. The van der Waals surface area contributed by atoms with E-state index in [1.807, 2.05) is 0 Å². The molecule has 1 aromatic rings. The lowest BCUT2D eigenvalue weighted by Crippen LogP contribution is -2.04. The average Bonchev–Trinajstić information content (AvgIpc) is 2.01. The Labute approximate surface area is 92.3 Å². The number of hydrogen-bond acceptors (Lipinski definition) is 0. The molecule has 0 aliphatic heterocycles. The van der Waals surface area contributed by atoms with Crippen LogP contribution in [0.1, 0.15) is 41.5 Å². The van der Waals surface area contributed by atoms with Gasteiger partial charge in [-0.2, -0.15) is 0 Å². The third-order valence-electron chi connectivity index (χ3n) is 2.60. The van der Waals surface area contributed by atoms with Gasteiger partial charge in [0.05, 0.1) is 5.38 Å². The SMILES string of the molecule is Cc1cc(C)c(C(Cl)C(C)C)c(C)c1. The van der Waals surface area contributed by atoms with Crippen molar-refractivity contribution in [1.29, 1.82) is 0 Å². The van der Waals surface area contributed by atoms with Gasteiger partial charge in [-0.3, -0.25) is 0 Å². The smallest absolute Gasteiger partial charge is 0.0613 e. The molecule has 0 aromatic heterocycles. The minimum absolute atomic E-state index is 0.135. The Morgan fingerprint density at radius 2 is 1.43 bits per heavy atom. The summed E-state index contributed by atoms with van der Waals surface area (Å²) in [5.41, 5.74) is 5.26. The molecular weight excluding hydrogens is 192 g/mol. The second-order valence-corrected chi connectivity index (χ2v) is 4.93. The summed E-state index contributed by atoms with van der Waals surface area (Å²) in [7, 11) is 0. The van der Waals surface area contributed by atoms with Gasteiger partial charge in [0.1, 0.15) is 0 Å². The second kappa shape index (κ2) is 4.35. The fraction of sp³-hybridized carbons (Fsp3) is 0.538. The summed E-state index contributed by atoms with van der Waals surface area (Å²) in [5.74, 6) is 0.483. The lowest BCUT2D eigenvalue weighted by molar-refractivity contribution is 0.619. The Morgan fingerprint density at radius 1 is 1.00 bits per heavy atom. The lowest BCUT2D eigenvalue weighted by Gasteiger charge is -2.19. The fourth-order valence-corrected chi connectivity index (χ4v) is 2.30. The molecule has 0 saturated carbocycles. The average molecular weight is 211 g/mol. The Morgan fingerprint density at radius 3 is 1.79 bits per heavy atom. The maximum atomic E-state index is 6.40. The molecule has 0 saturated heterocycles. The van der Waals surface area contributed by atoms with Crippen molar-refractivity contribution in [1.82, 2.24) is 0 Å². The maximum Gasteiger partial charge on any atom is 0.0613 e. The molecule has 1 heteroatoms. The number of aryl methyl sites for hydroxylation is 3. The first-order valence-electron chi connectivity index (χ1n) is 5.15. The number of rotatable bonds is 2. The highest BCUT2D eigenvalue weighted by Gasteiger charge is 2.16. The molecular formula is C13H19Cl. The number of hydrogen-bond donors (Lipinski definition) is 0. The van der Waals surface area contributed by atoms with Gasteiger partial charge in [0.15, 0.2) is 0 Å². The summed E-state index contributed by atoms with van der Waals surface area (Å²) in [6.07, 6.45) is 0. The van der Waals surface area contributed by atoms with Crippen molar-refractivity contribution < 1.29 is 0 Å². The largest absolute Gasteiger partial charge is 0.118 e. The molecule has 0 amide bonds. The zero-order valence-corrected chi connectivity index (χ0v) is 10.4. The van der Waals surface area contributed by atoms with E-state index in [0.717, 1.165) is 0 Å². The van der Waals surface area contributed by atoms with Gasteiger partial charge in [0.25, 0.3) is 0 Å². The van der Waals surface area contributed by atoms with Gasteiger partial charge in [-0.25, -0.2) is 0 Å². The van der Waals surface area contributed by atoms with Gasteiger partial charge < -0.3 is 0 Å². The molecule has 14 heavy (non-hydrogen) atoms. The van der Waals surface area contributed by atoms with E-state index in [4.69, 9.17) is 11.6 Å². The number of benzene rings is 1. The van der Waals surface area contributed by atoms with Crippen molar-refractivity contribution in [3.05, 3.63) is 34.4 Å². The molecule has 0 heterocycles. The van der Waals surface area contributed by atoms with Crippen LogP contribution in [0, 0.1) is 26.7 Å². The topological polar surface area (TPSA) is 0 Å². The van der Waals surface area contributed by atoms with Gasteiger partial charge in [-0.05, 0) is 43.4 Å². The van der Waals surface area contributed by atoms with Crippen LogP contribution in [0.3, 0.4) is 0 Å². The zero-order chi connectivity index (χ0) is 10.9. The molecule has 0 spiro atoms. The van der Waals surface area contributed by atoms with Gasteiger partial charge in [0, 0.05) is 0 Å². The van der Waals surface area contributed by atoms with Gasteiger partial charge >= 0.3 is 0 Å². The van der Waals surface area contributed by atoms with E-state index in [9.17, 15) is 0 Å². The van der Waals surface area contributed by atoms with Crippen LogP contribution in [0.25, 0.3) is 0 Å². The van der Waals surface area contributed by atoms with Crippen molar-refractivity contribution in [2.75, 3.05) is 0 Å². The first kappa shape index (κ1) is 11.6. The Bertz CT molecular complexity index is 303. The Balaban J connectivity index is 3.20. The summed E-state index contributed by atoms with van der Waals surface area (Å²) in [5, 5.41) is 0.135. The predicted molar refractivity (Wildman–Crippen MR) is 64.1 cm³/mol. The van der Waals surface area contributed by atoms with Crippen LogP contribution in [0.5, 0.6) is 0 Å². The maximum absolute atomic E-state index is 6.40. The minimum atomic E-state index is 0.135. The summed E-state index contributed by atoms with van der Waals surface area (Å²) in [4.78, 5) is 0. The summed E-state index contributed by atoms with van der Waals surface area (Å²) in [6, 6.07) is 4.42. The number of halogens is 1. The molecule has 0 N–H and O–H groups in total. The highest BCUT2D eigenvalue weighted by molar-refractivity contribution is 6.21. The van der Waals surface area contributed by atoms with E-state index in [0.29, 0.717) is 5.92 Å².